The minimum Gasteiger partial charge on any atom is -0.394 e. The number of allylic oxidation sites excluding steroid dienone is 2. The Balaban J connectivity index is 3.57. The van der Waals surface area contributed by atoms with Crippen LogP contribution in [-0.2, 0) is 4.79 Å². The SMILES string of the molecule is CCCCCCCCC/C=C/CCC[C@@H](O)[C@@H](O)[C@H](CO)NC(=O)CCCCCCCCCCCCCCCCCCCCCCCCC. The van der Waals surface area contributed by atoms with Gasteiger partial charge in [0.25, 0.3) is 0 Å². The van der Waals surface area contributed by atoms with Gasteiger partial charge in [-0.05, 0) is 38.5 Å². The molecule has 0 fully saturated rings. The number of unbranched alkanes of at least 4 members (excludes halogenated alkanes) is 30. The van der Waals surface area contributed by atoms with Crippen LogP contribution in [0.4, 0.5) is 0 Å². The van der Waals surface area contributed by atoms with Crippen LogP contribution >= 0.6 is 0 Å². The van der Waals surface area contributed by atoms with Crippen molar-refractivity contribution in [2.75, 3.05) is 6.61 Å². The van der Waals surface area contributed by atoms with Crippen molar-refractivity contribution in [1.82, 2.24) is 5.32 Å². The monoisotopic (exact) mass is 694 g/mol. The number of hydrogen-bond acceptors (Lipinski definition) is 4. The van der Waals surface area contributed by atoms with E-state index >= 15 is 0 Å². The van der Waals surface area contributed by atoms with Crippen molar-refractivity contribution < 1.29 is 20.1 Å². The van der Waals surface area contributed by atoms with Crippen LogP contribution in [0.5, 0.6) is 0 Å². The maximum atomic E-state index is 12.4. The molecule has 5 nitrogen and oxygen atoms in total. The Morgan fingerprint density at radius 1 is 0.490 bits per heavy atom. The fourth-order valence-corrected chi connectivity index (χ4v) is 6.93. The van der Waals surface area contributed by atoms with Crippen LogP contribution in [0.3, 0.4) is 0 Å². The molecule has 0 heterocycles. The number of nitrogens with one attached hydrogen (secondary N) is 1. The fourth-order valence-electron chi connectivity index (χ4n) is 6.93. The first-order valence-corrected chi connectivity index (χ1v) is 22.0. The van der Waals surface area contributed by atoms with Gasteiger partial charge >= 0.3 is 0 Å². The molecule has 0 unspecified atom stereocenters. The summed E-state index contributed by atoms with van der Waals surface area (Å²) < 4.78 is 0. The molecule has 49 heavy (non-hydrogen) atoms. The largest absolute Gasteiger partial charge is 0.394 e. The number of carbonyl (C=O) groups excluding carboxylic acids is 1. The van der Waals surface area contributed by atoms with Crippen LogP contribution in [-0.4, -0.2) is 46.1 Å². The smallest absolute Gasteiger partial charge is 0.220 e. The highest BCUT2D eigenvalue weighted by Crippen LogP contribution is 2.16. The van der Waals surface area contributed by atoms with Crippen LogP contribution in [0.15, 0.2) is 12.2 Å². The first kappa shape index (κ1) is 48.1. The van der Waals surface area contributed by atoms with E-state index in [0.717, 1.165) is 38.5 Å². The van der Waals surface area contributed by atoms with E-state index in [1.165, 1.54) is 173 Å². The average Bonchev–Trinajstić information content (AvgIpc) is 3.10. The van der Waals surface area contributed by atoms with E-state index in [9.17, 15) is 20.1 Å². The lowest BCUT2D eigenvalue weighted by molar-refractivity contribution is -0.124. The molecule has 0 spiro atoms. The Bertz CT molecular complexity index is 684. The number of aliphatic hydroxyl groups excluding tert-OH is 3. The summed E-state index contributed by atoms with van der Waals surface area (Å²) in [6, 6.07) is -0.820. The Kier molecular flexibility index (Phi) is 39.1. The lowest BCUT2D eigenvalue weighted by Gasteiger charge is -2.26. The molecular weight excluding hydrogens is 606 g/mol. The molecule has 0 saturated heterocycles. The quantitative estimate of drug-likeness (QED) is 0.0380. The van der Waals surface area contributed by atoms with E-state index in [0.29, 0.717) is 12.8 Å². The molecule has 0 aromatic rings. The van der Waals surface area contributed by atoms with E-state index in [-0.39, 0.29) is 12.5 Å². The first-order chi connectivity index (χ1) is 24.1. The predicted molar refractivity (Wildman–Crippen MR) is 213 cm³/mol. The molecule has 0 aliphatic heterocycles. The second-order valence-corrected chi connectivity index (χ2v) is 15.3. The zero-order valence-electron chi connectivity index (χ0n) is 33.1. The summed E-state index contributed by atoms with van der Waals surface area (Å²) in [4.78, 5) is 12.4. The molecule has 0 rings (SSSR count). The van der Waals surface area contributed by atoms with Crippen molar-refractivity contribution in [2.24, 2.45) is 0 Å². The van der Waals surface area contributed by atoms with Crippen LogP contribution in [0.25, 0.3) is 0 Å². The minimum absolute atomic E-state index is 0.151. The van der Waals surface area contributed by atoms with Gasteiger partial charge in [0.15, 0.2) is 0 Å². The molecule has 0 aromatic heterocycles. The van der Waals surface area contributed by atoms with Gasteiger partial charge in [-0.1, -0.05) is 206 Å². The third-order valence-electron chi connectivity index (χ3n) is 10.4. The summed E-state index contributed by atoms with van der Waals surface area (Å²) in [5.41, 5.74) is 0. The lowest BCUT2D eigenvalue weighted by atomic mass is 10.0. The molecular formula is C44H87NO4. The number of aliphatic hydroxyl groups is 3. The molecule has 0 aliphatic rings. The highest BCUT2D eigenvalue weighted by Gasteiger charge is 2.26. The van der Waals surface area contributed by atoms with Crippen LogP contribution in [0, 0.1) is 0 Å². The fraction of sp³-hybridized carbons (Fsp3) is 0.932. The number of rotatable bonds is 40. The molecule has 0 aromatic carbocycles. The highest BCUT2D eigenvalue weighted by molar-refractivity contribution is 5.76. The zero-order valence-corrected chi connectivity index (χ0v) is 33.1. The normalized spacial score (nSPS) is 13.7. The van der Waals surface area contributed by atoms with Gasteiger partial charge in [0.1, 0.15) is 6.10 Å². The predicted octanol–water partition coefficient (Wildman–Crippen LogP) is 12.4. The van der Waals surface area contributed by atoms with Crippen molar-refractivity contribution in [3.8, 4) is 0 Å². The average molecular weight is 694 g/mol. The Hall–Kier alpha value is -0.910. The van der Waals surface area contributed by atoms with Gasteiger partial charge in [0.2, 0.25) is 5.91 Å². The van der Waals surface area contributed by atoms with Gasteiger partial charge in [-0.15, -0.1) is 0 Å². The standard InChI is InChI=1S/C44H87NO4/c1-3-5-7-9-11-13-15-17-18-19-20-21-22-23-24-25-26-27-29-31-33-35-37-39-43(48)45-41(40-46)44(49)42(47)38-36-34-32-30-28-16-14-12-10-8-6-4-2/h30,32,41-42,44,46-47,49H,3-29,31,33-40H2,1-2H3,(H,45,48)/b32-30+/t41-,42+,44-/m0/s1. The third kappa shape index (κ3) is 35.3. The zero-order chi connectivity index (χ0) is 35.9. The number of carbonyl (C=O) groups is 1. The first-order valence-electron chi connectivity index (χ1n) is 22.0. The molecule has 0 saturated carbocycles. The Morgan fingerprint density at radius 3 is 1.18 bits per heavy atom. The Morgan fingerprint density at radius 2 is 0.816 bits per heavy atom. The molecule has 0 aliphatic carbocycles. The van der Waals surface area contributed by atoms with Crippen LogP contribution < -0.4 is 5.32 Å². The van der Waals surface area contributed by atoms with E-state index < -0.39 is 18.2 Å². The second kappa shape index (κ2) is 39.9. The highest BCUT2D eigenvalue weighted by atomic mass is 16.3. The molecule has 292 valence electrons. The van der Waals surface area contributed by atoms with E-state index in [4.69, 9.17) is 0 Å². The molecule has 1 amide bonds. The topological polar surface area (TPSA) is 89.8 Å². The summed E-state index contributed by atoms with van der Waals surface area (Å²) in [5, 5.41) is 33.4. The van der Waals surface area contributed by atoms with E-state index in [1.54, 1.807) is 0 Å². The number of hydrogen-bond donors (Lipinski definition) is 4. The lowest BCUT2D eigenvalue weighted by Crippen LogP contribution is -2.50. The summed E-state index contributed by atoms with van der Waals surface area (Å²) in [6.45, 7) is 4.17. The molecule has 0 radical (unpaired) electrons. The third-order valence-corrected chi connectivity index (χ3v) is 10.4. The van der Waals surface area contributed by atoms with Gasteiger partial charge in [-0.3, -0.25) is 4.79 Å². The summed E-state index contributed by atoms with van der Waals surface area (Å²) in [7, 11) is 0. The minimum atomic E-state index is -1.15. The summed E-state index contributed by atoms with van der Waals surface area (Å²) in [5.74, 6) is -0.151. The van der Waals surface area contributed by atoms with Crippen molar-refractivity contribution >= 4 is 5.91 Å². The summed E-state index contributed by atoms with van der Waals surface area (Å²) in [6.07, 6.45) is 46.2. The van der Waals surface area contributed by atoms with E-state index in [1.807, 2.05) is 0 Å². The van der Waals surface area contributed by atoms with Crippen molar-refractivity contribution in [3.63, 3.8) is 0 Å². The molecule has 4 N–H and O–H groups in total. The van der Waals surface area contributed by atoms with Gasteiger partial charge in [0, 0.05) is 6.42 Å². The molecule has 3 atom stereocenters. The maximum absolute atomic E-state index is 12.4. The molecule has 5 heteroatoms. The number of amides is 1. The van der Waals surface area contributed by atoms with Crippen LogP contribution in [0.1, 0.15) is 239 Å². The van der Waals surface area contributed by atoms with Crippen molar-refractivity contribution in [2.45, 2.75) is 257 Å². The van der Waals surface area contributed by atoms with Crippen LogP contribution in [0.2, 0.25) is 0 Å². The van der Waals surface area contributed by atoms with Gasteiger partial charge in [0.05, 0.1) is 18.8 Å². The Labute approximate surface area is 306 Å². The van der Waals surface area contributed by atoms with Gasteiger partial charge < -0.3 is 20.6 Å². The maximum Gasteiger partial charge on any atom is 0.220 e. The van der Waals surface area contributed by atoms with Crippen molar-refractivity contribution in [3.05, 3.63) is 12.2 Å². The van der Waals surface area contributed by atoms with Crippen molar-refractivity contribution in [1.29, 1.82) is 0 Å². The molecule has 0 bridgehead atoms. The summed E-state index contributed by atoms with van der Waals surface area (Å²) >= 11 is 0. The van der Waals surface area contributed by atoms with Gasteiger partial charge in [-0.2, -0.15) is 0 Å². The van der Waals surface area contributed by atoms with E-state index in [2.05, 4.69) is 31.3 Å². The van der Waals surface area contributed by atoms with Gasteiger partial charge in [-0.25, -0.2) is 0 Å². The second-order valence-electron chi connectivity index (χ2n) is 15.3.